The summed E-state index contributed by atoms with van der Waals surface area (Å²) in [5.74, 6) is -1.10. The normalized spacial score (nSPS) is 12.8. The minimum atomic E-state index is -4.68. The first-order valence-electron chi connectivity index (χ1n) is 4.03. The summed E-state index contributed by atoms with van der Waals surface area (Å²) < 4.78 is 72.1. The third-order valence-electron chi connectivity index (χ3n) is 1.59. The second-order valence-corrected chi connectivity index (χ2v) is 4.61. The Morgan fingerprint density at radius 1 is 1.19 bits per heavy atom. The van der Waals surface area contributed by atoms with E-state index in [2.05, 4.69) is 0 Å². The van der Waals surface area contributed by atoms with Gasteiger partial charge in [-0.25, -0.2) is 17.5 Å². The van der Waals surface area contributed by atoms with Crippen LogP contribution >= 0.6 is 0 Å². The lowest BCUT2D eigenvalue weighted by molar-refractivity contribution is -0.121. The highest BCUT2D eigenvalue weighted by molar-refractivity contribution is 7.89. The lowest BCUT2D eigenvalue weighted by atomic mass is 10.4. The van der Waals surface area contributed by atoms with Crippen molar-refractivity contribution in [1.82, 2.24) is 4.72 Å². The molecule has 8 heteroatoms. The molecule has 1 rings (SSSR count). The van der Waals surface area contributed by atoms with Gasteiger partial charge in [-0.3, -0.25) is 0 Å². The van der Waals surface area contributed by atoms with E-state index in [4.69, 9.17) is 0 Å². The van der Waals surface area contributed by atoms with Gasteiger partial charge in [-0.2, -0.15) is 13.2 Å². The molecule has 0 saturated carbocycles. The van der Waals surface area contributed by atoms with Gasteiger partial charge in [0.15, 0.2) is 0 Å². The van der Waals surface area contributed by atoms with E-state index in [1.54, 1.807) is 0 Å². The van der Waals surface area contributed by atoms with Crippen LogP contribution in [0.3, 0.4) is 0 Å². The van der Waals surface area contributed by atoms with Crippen LogP contribution in [0.2, 0.25) is 0 Å². The Morgan fingerprint density at radius 2 is 1.75 bits per heavy atom. The molecule has 0 spiro atoms. The van der Waals surface area contributed by atoms with Crippen LogP contribution in [-0.4, -0.2) is 21.1 Å². The zero-order valence-corrected chi connectivity index (χ0v) is 8.57. The van der Waals surface area contributed by atoms with Gasteiger partial charge in [-0.1, -0.05) is 12.1 Å². The van der Waals surface area contributed by atoms with Crippen molar-refractivity contribution in [1.29, 1.82) is 0 Å². The van der Waals surface area contributed by atoms with E-state index >= 15 is 0 Å². The fourth-order valence-corrected chi connectivity index (χ4v) is 2.01. The van der Waals surface area contributed by atoms with E-state index in [1.807, 2.05) is 0 Å². The fraction of sp³-hybridized carbons (Fsp3) is 0.250. The molecular weight excluding hydrogens is 250 g/mol. The van der Waals surface area contributed by atoms with Crippen molar-refractivity contribution in [3.8, 4) is 0 Å². The number of halogens is 4. The molecule has 3 nitrogen and oxygen atoms in total. The average molecular weight is 257 g/mol. The molecule has 0 heterocycles. The van der Waals surface area contributed by atoms with Crippen molar-refractivity contribution < 1.29 is 26.0 Å². The van der Waals surface area contributed by atoms with Gasteiger partial charge in [-0.05, 0) is 12.1 Å². The van der Waals surface area contributed by atoms with Crippen LogP contribution in [-0.2, 0) is 10.0 Å². The van der Waals surface area contributed by atoms with E-state index in [0.717, 1.165) is 12.1 Å². The third kappa shape index (κ3) is 3.46. The molecule has 0 aliphatic heterocycles. The van der Waals surface area contributed by atoms with Crippen LogP contribution in [0.15, 0.2) is 29.2 Å². The third-order valence-corrected chi connectivity index (χ3v) is 3.02. The van der Waals surface area contributed by atoms with Gasteiger partial charge in [0.2, 0.25) is 10.0 Å². The van der Waals surface area contributed by atoms with E-state index in [1.165, 1.54) is 16.9 Å². The van der Waals surface area contributed by atoms with Crippen molar-refractivity contribution >= 4 is 10.0 Å². The number of alkyl halides is 3. The molecule has 0 unspecified atom stereocenters. The van der Waals surface area contributed by atoms with Crippen LogP contribution < -0.4 is 4.72 Å². The summed E-state index contributed by atoms with van der Waals surface area (Å²) in [5.41, 5.74) is 0. The summed E-state index contributed by atoms with van der Waals surface area (Å²) in [4.78, 5) is -0.806. The summed E-state index contributed by atoms with van der Waals surface area (Å²) in [6, 6.07) is 4.18. The van der Waals surface area contributed by atoms with E-state index in [9.17, 15) is 26.0 Å². The fourth-order valence-electron chi connectivity index (χ4n) is 0.917. The number of nitrogens with one attached hydrogen (secondary N) is 1. The van der Waals surface area contributed by atoms with Crippen molar-refractivity contribution in [2.24, 2.45) is 0 Å². The van der Waals surface area contributed by atoms with E-state index < -0.39 is 33.5 Å². The molecule has 0 saturated heterocycles. The molecule has 0 aliphatic carbocycles. The Kier molecular flexibility index (Phi) is 3.54. The zero-order chi connectivity index (χ0) is 12.4. The SMILES string of the molecule is O=S(=O)(NCC(F)(F)F)c1ccccc1F. The molecule has 1 aromatic carbocycles. The number of rotatable bonds is 3. The number of hydrogen-bond donors (Lipinski definition) is 1. The molecule has 0 bridgehead atoms. The summed E-state index contributed by atoms with van der Waals surface area (Å²) in [7, 11) is -4.47. The lowest BCUT2D eigenvalue weighted by Gasteiger charge is -2.09. The largest absolute Gasteiger partial charge is 0.402 e. The van der Waals surface area contributed by atoms with Crippen LogP contribution in [0, 0.1) is 5.82 Å². The number of benzene rings is 1. The highest BCUT2D eigenvalue weighted by atomic mass is 32.2. The predicted octanol–water partition coefficient (Wildman–Crippen LogP) is 1.67. The number of sulfonamides is 1. The quantitative estimate of drug-likeness (QED) is 0.837. The standard InChI is InChI=1S/C8H7F4NO2S/c9-6-3-1-2-4-7(6)16(14,15)13-5-8(10,11)12/h1-4,13H,5H2. The minimum absolute atomic E-state index is 0.806. The average Bonchev–Trinajstić information content (AvgIpc) is 2.14. The Balaban J connectivity index is 2.92. The molecule has 0 atom stereocenters. The second kappa shape index (κ2) is 4.38. The number of hydrogen-bond acceptors (Lipinski definition) is 2. The van der Waals surface area contributed by atoms with Crippen molar-refractivity contribution in [2.75, 3.05) is 6.54 Å². The smallest absolute Gasteiger partial charge is 0.207 e. The Bertz CT molecular complexity index is 469. The Morgan fingerprint density at radius 3 is 2.25 bits per heavy atom. The summed E-state index contributed by atoms with van der Waals surface area (Å²) >= 11 is 0. The minimum Gasteiger partial charge on any atom is -0.207 e. The summed E-state index contributed by atoms with van der Waals surface area (Å²) in [5, 5.41) is 0. The molecular formula is C8H7F4NO2S. The molecule has 90 valence electrons. The van der Waals surface area contributed by atoms with Gasteiger partial charge >= 0.3 is 6.18 Å². The maximum Gasteiger partial charge on any atom is 0.402 e. The summed E-state index contributed by atoms with van der Waals surface area (Å²) in [6.07, 6.45) is -4.68. The van der Waals surface area contributed by atoms with Crippen LogP contribution in [0.1, 0.15) is 0 Å². The van der Waals surface area contributed by atoms with Crippen LogP contribution in [0.4, 0.5) is 17.6 Å². The molecule has 1 aromatic rings. The van der Waals surface area contributed by atoms with Gasteiger partial charge in [0.05, 0.1) is 0 Å². The highest BCUT2D eigenvalue weighted by Gasteiger charge is 2.30. The zero-order valence-electron chi connectivity index (χ0n) is 7.75. The summed E-state index contributed by atoms with van der Waals surface area (Å²) in [6.45, 7) is -1.73. The predicted molar refractivity (Wildman–Crippen MR) is 47.6 cm³/mol. The van der Waals surface area contributed by atoms with Gasteiger partial charge in [0.25, 0.3) is 0 Å². The first-order valence-corrected chi connectivity index (χ1v) is 5.52. The van der Waals surface area contributed by atoms with Gasteiger partial charge < -0.3 is 0 Å². The van der Waals surface area contributed by atoms with Crippen molar-refractivity contribution in [2.45, 2.75) is 11.1 Å². The van der Waals surface area contributed by atoms with Gasteiger partial charge in [-0.15, -0.1) is 0 Å². The monoisotopic (exact) mass is 257 g/mol. The maximum atomic E-state index is 13.0. The lowest BCUT2D eigenvalue weighted by Crippen LogP contribution is -2.34. The van der Waals surface area contributed by atoms with Crippen molar-refractivity contribution in [3.05, 3.63) is 30.1 Å². The maximum absolute atomic E-state index is 13.0. The van der Waals surface area contributed by atoms with Gasteiger partial charge in [0, 0.05) is 0 Å². The van der Waals surface area contributed by atoms with Crippen LogP contribution in [0.25, 0.3) is 0 Å². The molecule has 0 aliphatic rings. The highest BCUT2D eigenvalue weighted by Crippen LogP contribution is 2.16. The Labute approximate surface area is 89.1 Å². The first-order chi connectivity index (χ1) is 7.22. The van der Waals surface area contributed by atoms with Gasteiger partial charge in [0.1, 0.15) is 17.3 Å². The second-order valence-electron chi connectivity index (χ2n) is 2.87. The van der Waals surface area contributed by atoms with E-state index in [0.29, 0.717) is 0 Å². The van der Waals surface area contributed by atoms with Crippen LogP contribution in [0.5, 0.6) is 0 Å². The molecule has 0 amide bonds. The molecule has 0 aromatic heterocycles. The molecule has 1 N–H and O–H groups in total. The van der Waals surface area contributed by atoms with Crippen molar-refractivity contribution in [3.63, 3.8) is 0 Å². The molecule has 0 radical (unpaired) electrons. The Hall–Kier alpha value is -1.15. The topological polar surface area (TPSA) is 46.2 Å². The molecule has 0 fully saturated rings. The molecule has 16 heavy (non-hydrogen) atoms. The first kappa shape index (κ1) is 12.9. The van der Waals surface area contributed by atoms with E-state index in [-0.39, 0.29) is 0 Å².